The van der Waals surface area contributed by atoms with Gasteiger partial charge in [-0.25, -0.2) is 0 Å². The van der Waals surface area contributed by atoms with Crippen LogP contribution < -0.4 is 5.32 Å². The molecular formula is C14H15NO3S. The van der Waals surface area contributed by atoms with Gasteiger partial charge in [0.05, 0.1) is 5.56 Å². The van der Waals surface area contributed by atoms with E-state index in [4.69, 9.17) is 0 Å². The molecule has 0 bridgehead atoms. The molecule has 1 amide bonds. The smallest absolute Gasteiger partial charge is 0.255 e. The van der Waals surface area contributed by atoms with E-state index >= 15 is 0 Å². The Kier molecular flexibility index (Phi) is 4.16. The average molecular weight is 277 g/mol. The van der Waals surface area contributed by atoms with E-state index in [1.807, 2.05) is 24.3 Å². The van der Waals surface area contributed by atoms with Gasteiger partial charge in [0.2, 0.25) is 0 Å². The van der Waals surface area contributed by atoms with Crippen molar-refractivity contribution in [1.82, 2.24) is 5.32 Å². The van der Waals surface area contributed by atoms with Gasteiger partial charge in [-0.3, -0.25) is 9.00 Å². The molecule has 0 saturated carbocycles. The van der Waals surface area contributed by atoms with E-state index in [1.54, 1.807) is 18.4 Å². The van der Waals surface area contributed by atoms with Crippen LogP contribution in [-0.4, -0.2) is 33.8 Å². The molecule has 2 aromatic carbocycles. The number of carbonyl (C=O) groups excluding carboxylic acids is 1. The van der Waals surface area contributed by atoms with Crippen molar-refractivity contribution < 1.29 is 14.1 Å². The van der Waals surface area contributed by atoms with Gasteiger partial charge in [0.1, 0.15) is 5.75 Å². The molecule has 1 atom stereocenters. The number of phenolic OH excluding ortho intramolecular Hbond substituents is 1. The maximum Gasteiger partial charge on any atom is 0.255 e. The van der Waals surface area contributed by atoms with Gasteiger partial charge < -0.3 is 10.4 Å². The molecule has 0 heterocycles. The maximum atomic E-state index is 11.9. The van der Waals surface area contributed by atoms with Crippen LogP contribution in [0.5, 0.6) is 5.75 Å². The van der Waals surface area contributed by atoms with Crippen LogP contribution in [-0.2, 0) is 10.8 Å². The molecule has 0 aromatic heterocycles. The molecule has 1 unspecified atom stereocenters. The number of hydrogen-bond acceptors (Lipinski definition) is 3. The van der Waals surface area contributed by atoms with Crippen LogP contribution in [0, 0.1) is 0 Å². The van der Waals surface area contributed by atoms with Crippen LogP contribution in [0.1, 0.15) is 10.4 Å². The molecule has 2 aromatic rings. The van der Waals surface area contributed by atoms with Crippen LogP contribution in [0.3, 0.4) is 0 Å². The van der Waals surface area contributed by atoms with E-state index in [0.717, 1.165) is 10.8 Å². The molecule has 0 aliphatic heterocycles. The third-order valence-electron chi connectivity index (χ3n) is 2.78. The van der Waals surface area contributed by atoms with Crippen LogP contribution in [0.2, 0.25) is 0 Å². The number of aromatic hydroxyl groups is 1. The quantitative estimate of drug-likeness (QED) is 0.893. The lowest BCUT2D eigenvalue weighted by molar-refractivity contribution is 0.0953. The van der Waals surface area contributed by atoms with Crippen molar-refractivity contribution in [3.63, 3.8) is 0 Å². The summed E-state index contributed by atoms with van der Waals surface area (Å²) in [5.41, 5.74) is 0.237. The fourth-order valence-electron chi connectivity index (χ4n) is 1.81. The van der Waals surface area contributed by atoms with E-state index in [1.165, 1.54) is 0 Å². The predicted octanol–water partition coefficient (Wildman–Crippen LogP) is 1.65. The zero-order chi connectivity index (χ0) is 13.8. The molecular weight excluding hydrogens is 262 g/mol. The Morgan fingerprint density at radius 3 is 2.53 bits per heavy atom. The number of hydrogen-bond donors (Lipinski definition) is 2. The number of phenols is 1. The molecule has 0 fully saturated rings. The SMILES string of the molecule is CS(=O)CCNC(=O)c1cc2ccccc2cc1O. The highest BCUT2D eigenvalue weighted by Crippen LogP contribution is 2.24. The van der Waals surface area contributed by atoms with Crippen molar-refractivity contribution in [3.8, 4) is 5.75 Å². The van der Waals surface area contributed by atoms with Crippen molar-refractivity contribution in [1.29, 1.82) is 0 Å². The molecule has 19 heavy (non-hydrogen) atoms. The van der Waals surface area contributed by atoms with Crippen LogP contribution >= 0.6 is 0 Å². The summed E-state index contributed by atoms with van der Waals surface area (Å²) in [7, 11) is -0.943. The Labute approximate surface area is 113 Å². The minimum Gasteiger partial charge on any atom is -0.507 e. The number of carbonyl (C=O) groups is 1. The number of benzene rings is 2. The second-order valence-electron chi connectivity index (χ2n) is 4.25. The number of fused-ring (bicyclic) bond motifs is 1. The van der Waals surface area contributed by atoms with Crippen molar-refractivity contribution >= 4 is 27.5 Å². The minimum atomic E-state index is -0.943. The molecule has 5 heteroatoms. The summed E-state index contributed by atoms with van der Waals surface area (Å²) in [6, 6.07) is 10.7. The molecule has 0 spiro atoms. The van der Waals surface area contributed by atoms with Gasteiger partial charge in [-0.15, -0.1) is 0 Å². The number of nitrogens with one attached hydrogen (secondary N) is 1. The lowest BCUT2D eigenvalue weighted by atomic mass is 10.1. The largest absolute Gasteiger partial charge is 0.507 e. The molecule has 0 aliphatic rings. The topological polar surface area (TPSA) is 66.4 Å². The van der Waals surface area contributed by atoms with Gasteiger partial charge in [-0.05, 0) is 22.9 Å². The van der Waals surface area contributed by atoms with E-state index in [9.17, 15) is 14.1 Å². The zero-order valence-corrected chi connectivity index (χ0v) is 11.4. The van der Waals surface area contributed by atoms with Gasteiger partial charge in [-0.2, -0.15) is 0 Å². The summed E-state index contributed by atoms with van der Waals surface area (Å²) in [5.74, 6) is 0.00242. The molecule has 0 radical (unpaired) electrons. The highest BCUT2D eigenvalue weighted by atomic mass is 32.2. The highest BCUT2D eigenvalue weighted by molar-refractivity contribution is 7.84. The number of rotatable bonds is 4. The molecule has 2 rings (SSSR count). The van der Waals surface area contributed by atoms with Gasteiger partial charge in [0.15, 0.2) is 0 Å². The first-order chi connectivity index (χ1) is 9.08. The van der Waals surface area contributed by atoms with Gasteiger partial charge in [0, 0.05) is 29.4 Å². The molecule has 100 valence electrons. The van der Waals surface area contributed by atoms with Crippen molar-refractivity contribution in [2.75, 3.05) is 18.6 Å². The van der Waals surface area contributed by atoms with Crippen molar-refractivity contribution in [2.45, 2.75) is 0 Å². The molecule has 2 N–H and O–H groups in total. The minimum absolute atomic E-state index is 0.0474. The van der Waals surface area contributed by atoms with Crippen molar-refractivity contribution in [3.05, 3.63) is 42.0 Å². The summed E-state index contributed by atoms with van der Waals surface area (Å²) in [6.07, 6.45) is 1.58. The molecule has 4 nitrogen and oxygen atoms in total. The van der Waals surface area contributed by atoms with Crippen LogP contribution in [0.15, 0.2) is 36.4 Å². The molecule has 0 saturated heterocycles. The normalized spacial score (nSPS) is 12.3. The van der Waals surface area contributed by atoms with E-state index in [-0.39, 0.29) is 17.2 Å². The number of amides is 1. The second kappa shape index (κ2) is 5.84. The van der Waals surface area contributed by atoms with Gasteiger partial charge in [0.25, 0.3) is 5.91 Å². The summed E-state index contributed by atoms with van der Waals surface area (Å²) in [5, 5.41) is 14.3. The fraction of sp³-hybridized carbons (Fsp3) is 0.214. The van der Waals surface area contributed by atoms with Crippen LogP contribution in [0.4, 0.5) is 0 Å². The summed E-state index contributed by atoms with van der Waals surface area (Å²) < 4.78 is 10.9. The summed E-state index contributed by atoms with van der Waals surface area (Å²) in [6.45, 7) is 0.328. The Morgan fingerprint density at radius 2 is 1.89 bits per heavy atom. The van der Waals surface area contributed by atoms with Crippen LogP contribution in [0.25, 0.3) is 10.8 Å². The van der Waals surface area contributed by atoms with E-state index in [0.29, 0.717) is 12.3 Å². The Hall–Kier alpha value is -1.88. The first-order valence-electron chi connectivity index (χ1n) is 5.88. The first kappa shape index (κ1) is 13.5. The second-order valence-corrected chi connectivity index (χ2v) is 5.80. The fourth-order valence-corrected chi connectivity index (χ4v) is 2.20. The third-order valence-corrected chi connectivity index (χ3v) is 3.56. The Balaban J connectivity index is 2.21. The lowest BCUT2D eigenvalue weighted by Gasteiger charge is -2.07. The highest BCUT2D eigenvalue weighted by Gasteiger charge is 2.11. The Morgan fingerprint density at radius 1 is 1.26 bits per heavy atom. The lowest BCUT2D eigenvalue weighted by Crippen LogP contribution is -2.27. The van der Waals surface area contributed by atoms with Gasteiger partial charge >= 0.3 is 0 Å². The average Bonchev–Trinajstić information content (AvgIpc) is 2.37. The first-order valence-corrected chi connectivity index (χ1v) is 7.60. The van der Waals surface area contributed by atoms with Gasteiger partial charge in [-0.1, -0.05) is 24.3 Å². The van der Waals surface area contributed by atoms with E-state index < -0.39 is 10.8 Å². The molecule has 0 aliphatic carbocycles. The predicted molar refractivity (Wildman–Crippen MR) is 76.9 cm³/mol. The van der Waals surface area contributed by atoms with E-state index in [2.05, 4.69) is 5.32 Å². The Bertz CT molecular complexity index is 640. The summed E-state index contributed by atoms with van der Waals surface area (Å²) in [4.78, 5) is 11.9. The zero-order valence-electron chi connectivity index (χ0n) is 10.6. The van der Waals surface area contributed by atoms with Crippen molar-refractivity contribution in [2.24, 2.45) is 0 Å². The standard InChI is InChI=1S/C14H15NO3S/c1-19(18)7-6-15-14(17)12-8-10-4-2-3-5-11(10)9-13(12)16/h2-5,8-9,16H,6-7H2,1H3,(H,15,17). The summed E-state index contributed by atoms with van der Waals surface area (Å²) >= 11 is 0. The maximum absolute atomic E-state index is 11.9. The monoisotopic (exact) mass is 277 g/mol. The third kappa shape index (κ3) is 3.32.